The fourth-order valence-corrected chi connectivity index (χ4v) is 2.29. The van der Waals surface area contributed by atoms with E-state index in [2.05, 4.69) is 4.90 Å². The number of Topliss-reactive ketones (excluding diaryl/α,β-unsaturated/α-hetero) is 1. The van der Waals surface area contributed by atoms with Gasteiger partial charge in [-0.3, -0.25) is 9.69 Å². The molecule has 0 spiro atoms. The number of ketones is 1. The van der Waals surface area contributed by atoms with Crippen LogP contribution in [0.25, 0.3) is 0 Å². The summed E-state index contributed by atoms with van der Waals surface area (Å²) in [5.41, 5.74) is 0.453. The molecule has 1 aliphatic rings. The van der Waals surface area contributed by atoms with Gasteiger partial charge in [-0.2, -0.15) is 0 Å². The van der Waals surface area contributed by atoms with Crippen LogP contribution < -0.4 is 0 Å². The minimum Gasteiger partial charge on any atom is -0.504 e. The summed E-state index contributed by atoms with van der Waals surface area (Å²) in [5.74, 6) is -0.440. The molecule has 4 heteroatoms. The number of hydrogen-bond donors (Lipinski definition) is 2. The van der Waals surface area contributed by atoms with Crippen molar-refractivity contribution >= 4 is 5.78 Å². The van der Waals surface area contributed by atoms with Crippen molar-refractivity contribution in [2.45, 2.75) is 25.7 Å². The minimum atomic E-state index is -0.239. The average molecular weight is 249 g/mol. The van der Waals surface area contributed by atoms with Gasteiger partial charge < -0.3 is 10.2 Å². The molecule has 2 rings (SSSR count). The molecule has 1 aliphatic heterocycles. The van der Waals surface area contributed by atoms with Gasteiger partial charge in [0, 0.05) is 5.56 Å². The summed E-state index contributed by atoms with van der Waals surface area (Å²) < 4.78 is 0. The Hall–Kier alpha value is -1.55. The van der Waals surface area contributed by atoms with Crippen molar-refractivity contribution in [3.8, 4) is 11.5 Å². The van der Waals surface area contributed by atoms with Gasteiger partial charge in [-0.1, -0.05) is 12.8 Å². The highest BCUT2D eigenvalue weighted by Gasteiger charge is 2.15. The summed E-state index contributed by atoms with van der Waals surface area (Å²) in [7, 11) is 0. The lowest BCUT2D eigenvalue weighted by Gasteiger charge is -2.18. The molecule has 0 aromatic heterocycles. The molecular formula is C14H19NO3. The van der Waals surface area contributed by atoms with Crippen LogP contribution in [0, 0.1) is 0 Å². The molecule has 0 bridgehead atoms. The summed E-state index contributed by atoms with van der Waals surface area (Å²) in [6, 6.07) is 4.23. The van der Waals surface area contributed by atoms with E-state index in [0.717, 1.165) is 25.9 Å². The van der Waals surface area contributed by atoms with E-state index in [9.17, 15) is 15.0 Å². The van der Waals surface area contributed by atoms with E-state index in [1.54, 1.807) is 6.07 Å². The number of likely N-dealkylation sites (tertiary alicyclic amines) is 1. The summed E-state index contributed by atoms with van der Waals surface area (Å²) in [6.07, 6.45) is 4.78. The molecule has 0 amide bonds. The zero-order chi connectivity index (χ0) is 13.0. The summed E-state index contributed by atoms with van der Waals surface area (Å²) in [5, 5.41) is 18.6. The molecule has 4 nitrogen and oxygen atoms in total. The lowest BCUT2D eigenvalue weighted by molar-refractivity contribution is 0.0932. The molecule has 98 valence electrons. The number of nitrogens with zero attached hydrogens (tertiary/aromatic N) is 1. The van der Waals surface area contributed by atoms with Gasteiger partial charge in [0.2, 0.25) is 0 Å². The van der Waals surface area contributed by atoms with Crippen LogP contribution in [0.15, 0.2) is 18.2 Å². The number of benzene rings is 1. The molecule has 0 unspecified atom stereocenters. The maximum atomic E-state index is 12.1. The molecule has 0 saturated carbocycles. The van der Waals surface area contributed by atoms with E-state index >= 15 is 0 Å². The Labute approximate surface area is 107 Å². The average Bonchev–Trinajstić information content (AvgIpc) is 2.61. The maximum Gasteiger partial charge on any atom is 0.176 e. The van der Waals surface area contributed by atoms with Crippen molar-refractivity contribution in [3.05, 3.63) is 23.8 Å². The van der Waals surface area contributed by atoms with Crippen LogP contribution in [0.1, 0.15) is 36.0 Å². The molecule has 1 aromatic carbocycles. The third-order valence-corrected chi connectivity index (χ3v) is 3.36. The van der Waals surface area contributed by atoms with Crippen molar-refractivity contribution in [1.29, 1.82) is 0 Å². The highest BCUT2D eigenvalue weighted by atomic mass is 16.3. The Morgan fingerprint density at radius 2 is 1.72 bits per heavy atom. The summed E-state index contributed by atoms with van der Waals surface area (Å²) in [6.45, 7) is 2.33. The third kappa shape index (κ3) is 3.23. The Bertz CT molecular complexity index is 423. The highest BCUT2D eigenvalue weighted by molar-refractivity contribution is 5.98. The first kappa shape index (κ1) is 12.9. The van der Waals surface area contributed by atoms with Crippen molar-refractivity contribution in [2.75, 3.05) is 19.6 Å². The lowest BCUT2D eigenvalue weighted by Crippen LogP contribution is -2.30. The number of carbonyl (C=O) groups excluding carboxylic acids is 1. The fourth-order valence-electron chi connectivity index (χ4n) is 2.29. The Kier molecular flexibility index (Phi) is 4.20. The van der Waals surface area contributed by atoms with Gasteiger partial charge in [0.05, 0.1) is 6.54 Å². The van der Waals surface area contributed by atoms with Crippen LogP contribution in [0.5, 0.6) is 11.5 Å². The first-order chi connectivity index (χ1) is 8.66. The molecule has 18 heavy (non-hydrogen) atoms. The molecule has 1 fully saturated rings. The molecule has 0 atom stereocenters. The van der Waals surface area contributed by atoms with Gasteiger partial charge in [-0.15, -0.1) is 0 Å². The second kappa shape index (κ2) is 5.87. The summed E-state index contributed by atoms with van der Waals surface area (Å²) >= 11 is 0. The van der Waals surface area contributed by atoms with Crippen LogP contribution in [-0.2, 0) is 0 Å². The monoisotopic (exact) mass is 249 g/mol. The van der Waals surface area contributed by atoms with E-state index in [1.165, 1.54) is 25.0 Å². The summed E-state index contributed by atoms with van der Waals surface area (Å²) in [4.78, 5) is 14.2. The molecule has 2 N–H and O–H groups in total. The highest BCUT2D eigenvalue weighted by Crippen LogP contribution is 2.25. The number of hydrogen-bond acceptors (Lipinski definition) is 4. The Morgan fingerprint density at radius 3 is 2.33 bits per heavy atom. The van der Waals surface area contributed by atoms with Gasteiger partial charge in [-0.05, 0) is 44.1 Å². The smallest absolute Gasteiger partial charge is 0.176 e. The van der Waals surface area contributed by atoms with Crippen LogP contribution in [0.2, 0.25) is 0 Å². The molecule has 1 saturated heterocycles. The fraction of sp³-hybridized carbons (Fsp3) is 0.500. The second-order valence-electron chi connectivity index (χ2n) is 4.82. The van der Waals surface area contributed by atoms with Gasteiger partial charge in [0.25, 0.3) is 0 Å². The first-order valence-electron chi connectivity index (χ1n) is 6.44. The van der Waals surface area contributed by atoms with Crippen molar-refractivity contribution in [3.63, 3.8) is 0 Å². The van der Waals surface area contributed by atoms with Gasteiger partial charge in [0.15, 0.2) is 17.3 Å². The molecular weight excluding hydrogens is 230 g/mol. The number of rotatable bonds is 3. The Morgan fingerprint density at radius 1 is 1.06 bits per heavy atom. The van der Waals surface area contributed by atoms with Gasteiger partial charge >= 0.3 is 0 Å². The molecule has 1 aromatic rings. The van der Waals surface area contributed by atoms with Crippen LogP contribution in [0.3, 0.4) is 0 Å². The predicted octanol–water partition coefficient (Wildman–Crippen LogP) is 2.16. The van der Waals surface area contributed by atoms with Crippen LogP contribution >= 0.6 is 0 Å². The van der Waals surface area contributed by atoms with E-state index < -0.39 is 0 Å². The maximum absolute atomic E-state index is 12.1. The zero-order valence-electron chi connectivity index (χ0n) is 10.4. The second-order valence-corrected chi connectivity index (χ2v) is 4.82. The van der Waals surface area contributed by atoms with Crippen molar-refractivity contribution in [2.24, 2.45) is 0 Å². The standard InChI is InChI=1S/C14H19NO3/c16-12-6-5-11(9-13(12)17)14(18)10-15-7-3-1-2-4-8-15/h5-6,9,16-17H,1-4,7-8,10H2. The van der Waals surface area contributed by atoms with Crippen molar-refractivity contribution in [1.82, 2.24) is 4.90 Å². The van der Waals surface area contributed by atoms with Crippen LogP contribution in [-0.4, -0.2) is 40.5 Å². The molecule has 0 aliphatic carbocycles. The van der Waals surface area contributed by atoms with Crippen molar-refractivity contribution < 1.29 is 15.0 Å². The minimum absolute atomic E-state index is 0.00722. The SMILES string of the molecule is O=C(CN1CCCCCC1)c1ccc(O)c(O)c1. The van der Waals surface area contributed by atoms with E-state index in [-0.39, 0.29) is 17.3 Å². The van der Waals surface area contributed by atoms with E-state index in [4.69, 9.17) is 0 Å². The van der Waals surface area contributed by atoms with Gasteiger partial charge in [-0.25, -0.2) is 0 Å². The largest absolute Gasteiger partial charge is 0.504 e. The Balaban J connectivity index is 1.99. The molecule has 1 heterocycles. The van der Waals surface area contributed by atoms with Crippen LogP contribution in [0.4, 0.5) is 0 Å². The van der Waals surface area contributed by atoms with Gasteiger partial charge in [0.1, 0.15) is 0 Å². The predicted molar refractivity (Wildman–Crippen MR) is 69.0 cm³/mol. The third-order valence-electron chi connectivity index (χ3n) is 3.36. The topological polar surface area (TPSA) is 60.8 Å². The normalized spacial score (nSPS) is 17.3. The number of phenols is 2. The zero-order valence-corrected chi connectivity index (χ0v) is 10.4. The van der Waals surface area contributed by atoms with E-state index in [0.29, 0.717) is 12.1 Å². The van der Waals surface area contributed by atoms with E-state index in [1.807, 2.05) is 0 Å². The number of carbonyl (C=O) groups is 1. The first-order valence-corrected chi connectivity index (χ1v) is 6.44. The quantitative estimate of drug-likeness (QED) is 0.636. The lowest BCUT2D eigenvalue weighted by atomic mass is 10.1. The number of aromatic hydroxyl groups is 2. The number of phenolic OH excluding ortho intramolecular Hbond substituents is 2. The molecule has 0 radical (unpaired) electrons.